The predicted octanol–water partition coefficient (Wildman–Crippen LogP) is 2.18. The molecule has 0 saturated heterocycles. The Hall–Kier alpha value is -1.38. The van der Waals surface area contributed by atoms with E-state index < -0.39 is 0 Å². The van der Waals surface area contributed by atoms with Gasteiger partial charge in [-0.1, -0.05) is 18.2 Å². The lowest BCUT2D eigenvalue weighted by Crippen LogP contribution is -1.98. The zero-order chi connectivity index (χ0) is 11.1. The number of unbranched alkanes of at least 4 members (excludes halogenated alkanes) is 1. The van der Waals surface area contributed by atoms with Crippen molar-refractivity contribution >= 4 is 11.8 Å². The maximum absolute atomic E-state index is 11.2. The Morgan fingerprint density at radius 2 is 2.40 bits per heavy atom. The summed E-state index contributed by atoms with van der Waals surface area (Å²) in [7, 11) is 1.39. The number of methoxy groups -OCH3 is 1. The lowest BCUT2D eigenvalue weighted by Gasteiger charge is -1.95. The second-order valence-corrected chi connectivity index (χ2v) is 3.49. The van der Waals surface area contributed by atoms with Crippen LogP contribution in [0.5, 0.6) is 0 Å². The van der Waals surface area contributed by atoms with Gasteiger partial charge in [0.25, 0.3) is 0 Å². The van der Waals surface area contributed by atoms with Crippen LogP contribution in [-0.4, -0.2) is 18.9 Å². The van der Waals surface area contributed by atoms with Crippen LogP contribution in [0.3, 0.4) is 0 Å². The van der Waals surface area contributed by atoms with Crippen LogP contribution in [0.25, 0.3) is 0 Å². The highest BCUT2D eigenvalue weighted by atomic mass is 16.5. The summed E-state index contributed by atoms with van der Waals surface area (Å²) < 4.78 is 4.52. The van der Waals surface area contributed by atoms with Crippen molar-refractivity contribution in [3.8, 4) is 0 Å². The summed E-state index contributed by atoms with van der Waals surface area (Å²) in [5, 5.41) is 0. The van der Waals surface area contributed by atoms with E-state index >= 15 is 0 Å². The minimum absolute atomic E-state index is 0.181. The van der Waals surface area contributed by atoms with Crippen LogP contribution in [0.2, 0.25) is 0 Å². The molecule has 0 aliphatic heterocycles. The van der Waals surface area contributed by atoms with Gasteiger partial charge in [0, 0.05) is 18.4 Å². The van der Waals surface area contributed by atoms with Crippen molar-refractivity contribution in [2.75, 3.05) is 7.11 Å². The minimum Gasteiger partial charge on any atom is -0.469 e. The molecule has 82 valence electrons. The van der Waals surface area contributed by atoms with E-state index in [0.29, 0.717) is 12.8 Å². The molecule has 1 aliphatic carbocycles. The fourth-order valence-electron chi connectivity index (χ4n) is 1.45. The molecule has 0 saturated carbocycles. The molecule has 1 aliphatic rings. The quantitative estimate of drug-likeness (QED) is 0.513. The van der Waals surface area contributed by atoms with E-state index in [0.717, 1.165) is 24.8 Å². The molecule has 0 heterocycles. The van der Waals surface area contributed by atoms with Crippen LogP contribution < -0.4 is 0 Å². The summed E-state index contributed by atoms with van der Waals surface area (Å²) in [6, 6.07) is 0. The number of allylic oxidation sites excluding steroid dienone is 4. The molecule has 1 rings (SSSR count). The zero-order valence-electron chi connectivity index (χ0n) is 8.99. The number of hydrogen-bond acceptors (Lipinski definition) is 3. The average molecular weight is 208 g/mol. The normalized spacial score (nSPS) is 15.8. The molecule has 0 spiro atoms. The van der Waals surface area contributed by atoms with Crippen LogP contribution in [-0.2, 0) is 14.3 Å². The fourth-order valence-corrected chi connectivity index (χ4v) is 1.45. The first kappa shape index (κ1) is 11.7. The molecular weight excluding hydrogens is 192 g/mol. The van der Waals surface area contributed by atoms with Gasteiger partial charge in [0.15, 0.2) is 5.78 Å². The smallest absolute Gasteiger partial charge is 0.305 e. The van der Waals surface area contributed by atoms with Crippen molar-refractivity contribution in [2.45, 2.75) is 32.1 Å². The monoisotopic (exact) mass is 208 g/mol. The molecule has 0 atom stereocenters. The van der Waals surface area contributed by atoms with Crippen molar-refractivity contribution in [1.29, 1.82) is 0 Å². The molecule has 3 heteroatoms. The van der Waals surface area contributed by atoms with Gasteiger partial charge in [0.1, 0.15) is 0 Å². The Morgan fingerprint density at radius 1 is 1.60 bits per heavy atom. The first-order valence-electron chi connectivity index (χ1n) is 5.20. The number of Topliss-reactive ketones (excluding diaryl/α,β-unsaturated/α-hetero) is 1. The van der Waals surface area contributed by atoms with Gasteiger partial charge in [-0.15, -0.1) is 0 Å². The summed E-state index contributed by atoms with van der Waals surface area (Å²) in [6.07, 6.45) is 9.27. The van der Waals surface area contributed by atoms with E-state index in [2.05, 4.69) is 4.74 Å². The van der Waals surface area contributed by atoms with Crippen molar-refractivity contribution in [3.63, 3.8) is 0 Å². The highest BCUT2D eigenvalue weighted by Crippen LogP contribution is 2.15. The van der Waals surface area contributed by atoms with E-state index in [-0.39, 0.29) is 11.8 Å². The van der Waals surface area contributed by atoms with Crippen molar-refractivity contribution in [3.05, 3.63) is 23.8 Å². The lowest BCUT2D eigenvalue weighted by molar-refractivity contribution is -0.140. The molecular formula is C12H16O3. The predicted molar refractivity (Wildman–Crippen MR) is 57.3 cm³/mol. The van der Waals surface area contributed by atoms with Crippen LogP contribution >= 0.6 is 0 Å². The minimum atomic E-state index is -0.181. The fraction of sp³-hybridized carbons (Fsp3) is 0.500. The summed E-state index contributed by atoms with van der Waals surface area (Å²) in [6.45, 7) is 0. The topological polar surface area (TPSA) is 43.4 Å². The van der Waals surface area contributed by atoms with E-state index in [9.17, 15) is 9.59 Å². The number of hydrogen-bond donors (Lipinski definition) is 0. The second kappa shape index (κ2) is 6.17. The SMILES string of the molecule is COC(=O)CCCC=CC1=CCCC1=O. The van der Waals surface area contributed by atoms with Gasteiger partial charge in [0.05, 0.1) is 7.11 Å². The maximum Gasteiger partial charge on any atom is 0.305 e. The second-order valence-electron chi connectivity index (χ2n) is 3.49. The molecule has 0 aromatic heterocycles. The number of ether oxygens (including phenoxy) is 1. The summed E-state index contributed by atoms with van der Waals surface area (Å²) in [5.41, 5.74) is 0.813. The largest absolute Gasteiger partial charge is 0.469 e. The highest BCUT2D eigenvalue weighted by Gasteiger charge is 2.11. The molecule has 0 bridgehead atoms. The van der Waals surface area contributed by atoms with Crippen LogP contribution in [0.15, 0.2) is 23.8 Å². The van der Waals surface area contributed by atoms with Gasteiger partial charge in [-0.3, -0.25) is 9.59 Å². The third-order valence-electron chi connectivity index (χ3n) is 2.33. The molecule has 0 fully saturated rings. The molecule has 0 aromatic rings. The number of ketones is 1. The van der Waals surface area contributed by atoms with Gasteiger partial charge >= 0.3 is 5.97 Å². The Morgan fingerprint density at radius 3 is 3.00 bits per heavy atom. The van der Waals surface area contributed by atoms with E-state index in [4.69, 9.17) is 0 Å². The summed E-state index contributed by atoms with van der Waals surface area (Å²) >= 11 is 0. The van der Waals surface area contributed by atoms with Gasteiger partial charge in [0.2, 0.25) is 0 Å². The highest BCUT2D eigenvalue weighted by molar-refractivity contribution is 6.00. The van der Waals surface area contributed by atoms with E-state index in [1.54, 1.807) is 0 Å². The van der Waals surface area contributed by atoms with Crippen molar-refractivity contribution < 1.29 is 14.3 Å². The van der Waals surface area contributed by atoms with Crippen LogP contribution in [0.1, 0.15) is 32.1 Å². The molecule has 0 radical (unpaired) electrons. The molecule has 0 aromatic carbocycles. The molecule has 0 N–H and O–H groups in total. The number of carbonyl (C=O) groups excluding carboxylic acids is 2. The van der Waals surface area contributed by atoms with Crippen LogP contribution in [0, 0.1) is 0 Å². The molecule has 15 heavy (non-hydrogen) atoms. The van der Waals surface area contributed by atoms with Gasteiger partial charge < -0.3 is 4.74 Å². The van der Waals surface area contributed by atoms with Crippen molar-refractivity contribution in [1.82, 2.24) is 0 Å². The molecule has 0 unspecified atom stereocenters. The Labute approximate surface area is 89.8 Å². The molecule has 0 amide bonds. The summed E-state index contributed by atoms with van der Waals surface area (Å²) in [4.78, 5) is 22.0. The van der Waals surface area contributed by atoms with Crippen LogP contribution in [0.4, 0.5) is 0 Å². The van der Waals surface area contributed by atoms with E-state index in [1.165, 1.54) is 7.11 Å². The average Bonchev–Trinajstić information content (AvgIpc) is 2.63. The maximum atomic E-state index is 11.2. The number of carbonyl (C=O) groups is 2. The third kappa shape index (κ3) is 4.11. The number of esters is 1. The zero-order valence-corrected chi connectivity index (χ0v) is 8.99. The van der Waals surface area contributed by atoms with Gasteiger partial charge in [-0.2, -0.15) is 0 Å². The van der Waals surface area contributed by atoms with E-state index in [1.807, 2.05) is 18.2 Å². The lowest BCUT2D eigenvalue weighted by atomic mass is 10.1. The Bertz CT molecular complexity index is 300. The van der Waals surface area contributed by atoms with Gasteiger partial charge in [-0.25, -0.2) is 0 Å². The Balaban J connectivity index is 2.17. The third-order valence-corrected chi connectivity index (χ3v) is 2.33. The standard InChI is InChI=1S/C12H16O3/c1-15-12(14)9-4-2-3-6-10-7-5-8-11(10)13/h3,6-7H,2,4-5,8-9H2,1H3. The first-order chi connectivity index (χ1) is 7.24. The first-order valence-corrected chi connectivity index (χ1v) is 5.20. The Kier molecular flexibility index (Phi) is 4.81. The summed E-state index contributed by atoms with van der Waals surface area (Å²) in [5.74, 6) is 0.0405. The van der Waals surface area contributed by atoms with Crippen molar-refractivity contribution in [2.24, 2.45) is 0 Å². The number of rotatable bonds is 5. The van der Waals surface area contributed by atoms with Gasteiger partial charge in [-0.05, 0) is 19.3 Å². The molecule has 3 nitrogen and oxygen atoms in total.